The summed E-state index contributed by atoms with van der Waals surface area (Å²) in [7, 11) is 0. The molecule has 2 N–H and O–H groups in total. The highest BCUT2D eigenvalue weighted by atomic mass is 16.3. The third-order valence-corrected chi connectivity index (χ3v) is 3.33. The molecule has 0 saturated carbocycles. The lowest BCUT2D eigenvalue weighted by Crippen LogP contribution is -2.31. The van der Waals surface area contributed by atoms with Crippen LogP contribution in [0.3, 0.4) is 0 Å². The van der Waals surface area contributed by atoms with E-state index in [0.29, 0.717) is 12.5 Å². The van der Waals surface area contributed by atoms with Gasteiger partial charge in [-0.2, -0.15) is 0 Å². The monoisotopic (exact) mass is 245 g/mol. The van der Waals surface area contributed by atoms with Gasteiger partial charge in [0.05, 0.1) is 12.5 Å². The molecule has 3 nitrogen and oxygen atoms in total. The molecule has 3 heteroatoms. The van der Waals surface area contributed by atoms with Gasteiger partial charge in [0, 0.05) is 0 Å². The fourth-order valence-electron chi connectivity index (χ4n) is 2.51. The highest BCUT2D eigenvalue weighted by molar-refractivity contribution is 5.85. The van der Waals surface area contributed by atoms with Gasteiger partial charge in [0.25, 0.3) is 5.84 Å². The molecule has 1 atom stereocenters. The Morgan fingerprint density at radius 1 is 1.39 bits per heavy atom. The van der Waals surface area contributed by atoms with Crippen molar-refractivity contribution in [2.24, 2.45) is 0 Å². The van der Waals surface area contributed by atoms with Crippen LogP contribution in [-0.4, -0.2) is 41.8 Å². The Kier molecular flexibility index (Phi) is 4.53. The number of hydrogen-bond donors (Lipinski definition) is 2. The van der Waals surface area contributed by atoms with E-state index in [1.807, 2.05) is 12.1 Å². The van der Waals surface area contributed by atoms with Gasteiger partial charge in [0.2, 0.25) is 0 Å². The summed E-state index contributed by atoms with van der Waals surface area (Å²) in [6.07, 6.45) is 2.87. The van der Waals surface area contributed by atoms with Crippen LogP contribution in [0.25, 0.3) is 0 Å². The number of rotatable bonds is 6. The van der Waals surface area contributed by atoms with Crippen molar-refractivity contribution in [3.05, 3.63) is 48.6 Å². The molecule has 1 heterocycles. The van der Waals surface area contributed by atoms with Crippen LogP contribution in [0.4, 0.5) is 0 Å². The number of β-amino-alcohol motifs (C(OH)–C–C–N with tert-alkyl or cyclic N) is 1. The Morgan fingerprint density at radius 3 is 2.83 bits per heavy atom. The molecule has 1 aliphatic rings. The zero-order valence-electron chi connectivity index (χ0n) is 10.7. The van der Waals surface area contributed by atoms with E-state index in [1.54, 1.807) is 0 Å². The average Bonchev–Trinajstić information content (AvgIpc) is 2.85. The first kappa shape index (κ1) is 12.8. The molecule has 18 heavy (non-hydrogen) atoms. The Labute approximate surface area is 108 Å². The predicted molar refractivity (Wildman–Crippen MR) is 74.1 cm³/mol. The van der Waals surface area contributed by atoms with Crippen LogP contribution in [0.5, 0.6) is 0 Å². The average molecular weight is 245 g/mol. The van der Waals surface area contributed by atoms with Crippen molar-refractivity contribution in [1.29, 1.82) is 0 Å². The Morgan fingerprint density at radius 2 is 2.17 bits per heavy atom. The highest BCUT2D eigenvalue weighted by Gasteiger charge is 2.29. The molecule has 1 aliphatic heterocycles. The molecule has 0 spiro atoms. The maximum absolute atomic E-state index is 9.12. The third kappa shape index (κ3) is 2.79. The van der Waals surface area contributed by atoms with Crippen LogP contribution in [0.2, 0.25) is 0 Å². The van der Waals surface area contributed by atoms with Gasteiger partial charge in [0.15, 0.2) is 0 Å². The van der Waals surface area contributed by atoms with Gasteiger partial charge < -0.3 is 5.11 Å². The molecule has 0 radical (unpaired) electrons. The summed E-state index contributed by atoms with van der Waals surface area (Å²) in [5, 5.41) is 12.6. The van der Waals surface area contributed by atoms with E-state index in [4.69, 9.17) is 5.11 Å². The Bertz CT molecular complexity index is 425. The van der Waals surface area contributed by atoms with Crippen molar-refractivity contribution >= 4 is 5.84 Å². The second kappa shape index (κ2) is 6.36. The van der Waals surface area contributed by atoms with E-state index in [-0.39, 0.29) is 6.61 Å². The minimum absolute atomic E-state index is 0.195. The first-order valence-electron chi connectivity index (χ1n) is 6.49. The smallest absolute Gasteiger partial charge is 0.253 e. The molecule has 0 bridgehead atoms. The van der Waals surface area contributed by atoms with Crippen LogP contribution in [0.15, 0.2) is 43.0 Å². The molecule has 0 aliphatic carbocycles. The van der Waals surface area contributed by atoms with Crippen molar-refractivity contribution in [3.63, 3.8) is 0 Å². The summed E-state index contributed by atoms with van der Waals surface area (Å²) >= 11 is 0. The summed E-state index contributed by atoms with van der Waals surface area (Å²) < 4.78 is 2.24. The molecule has 96 valence electrons. The van der Waals surface area contributed by atoms with Crippen LogP contribution in [-0.2, 0) is 0 Å². The van der Waals surface area contributed by atoms with E-state index in [0.717, 1.165) is 19.5 Å². The number of benzene rings is 1. The molecule has 1 unspecified atom stereocenters. The minimum Gasteiger partial charge on any atom is -0.392 e. The third-order valence-electron chi connectivity index (χ3n) is 3.33. The van der Waals surface area contributed by atoms with Gasteiger partial charge in [-0.1, -0.05) is 36.4 Å². The first-order valence-corrected chi connectivity index (χ1v) is 6.49. The topological polar surface area (TPSA) is 35.3 Å². The zero-order valence-corrected chi connectivity index (χ0v) is 10.7. The number of nitrogens with zero attached hydrogens (tertiary/aromatic N) is 1. The lowest BCUT2D eigenvalue weighted by Gasteiger charge is -2.14. The summed E-state index contributed by atoms with van der Waals surface area (Å²) in [5.74, 6) is 1.54. The SMILES string of the molecule is C=CCC(C1=[N+](CCO)CCN1)c1ccccc1. The lowest BCUT2D eigenvalue weighted by molar-refractivity contribution is -0.521. The molecule has 2 rings (SSSR count). The molecule has 0 amide bonds. The number of aliphatic hydroxyl groups is 1. The molecule has 0 saturated heterocycles. The number of nitrogens with one attached hydrogen (secondary N) is 1. The molecule has 0 fully saturated rings. The van der Waals surface area contributed by atoms with E-state index < -0.39 is 0 Å². The Hall–Kier alpha value is -1.61. The molecule has 1 aromatic carbocycles. The first-order chi connectivity index (χ1) is 8.86. The van der Waals surface area contributed by atoms with Crippen LogP contribution in [0, 0.1) is 0 Å². The van der Waals surface area contributed by atoms with Crippen molar-refractivity contribution < 1.29 is 9.68 Å². The van der Waals surface area contributed by atoms with Crippen molar-refractivity contribution in [1.82, 2.24) is 5.32 Å². The standard InChI is InChI=1S/C15H20N2O/c1-2-6-14(13-7-4-3-5-8-13)15-16-9-10-17(15)11-12-18/h2-5,7-8,14,18H,1,6,9-12H2/p+1. The second-order valence-electron chi connectivity index (χ2n) is 4.51. The summed E-state index contributed by atoms with van der Waals surface area (Å²) in [6.45, 7) is 6.67. The number of aliphatic hydroxyl groups excluding tert-OH is 1. The van der Waals surface area contributed by atoms with Crippen LogP contribution >= 0.6 is 0 Å². The zero-order chi connectivity index (χ0) is 12.8. The maximum Gasteiger partial charge on any atom is 0.253 e. The Balaban J connectivity index is 2.30. The maximum atomic E-state index is 9.12. The number of hydrogen-bond acceptors (Lipinski definition) is 2. The van der Waals surface area contributed by atoms with Gasteiger partial charge in [-0.15, -0.1) is 6.58 Å². The lowest BCUT2D eigenvalue weighted by atomic mass is 9.94. The van der Waals surface area contributed by atoms with Gasteiger partial charge in [0.1, 0.15) is 19.6 Å². The number of allylic oxidation sites excluding steroid dienone is 1. The number of amidine groups is 1. The van der Waals surface area contributed by atoms with Crippen molar-refractivity contribution in [2.45, 2.75) is 12.3 Å². The molecule has 1 aromatic rings. The summed E-state index contributed by atoms with van der Waals surface area (Å²) in [6, 6.07) is 10.5. The highest BCUT2D eigenvalue weighted by Crippen LogP contribution is 2.21. The quantitative estimate of drug-likeness (QED) is 0.586. The molecule has 0 aromatic heterocycles. The largest absolute Gasteiger partial charge is 0.392 e. The van der Waals surface area contributed by atoms with Gasteiger partial charge in [-0.25, -0.2) is 0 Å². The summed E-state index contributed by atoms with van der Waals surface area (Å²) in [5.41, 5.74) is 1.30. The van der Waals surface area contributed by atoms with Gasteiger partial charge in [-0.05, 0) is 12.0 Å². The van der Waals surface area contributed by atoms with E-state index in [9.17, 15) is 0 Å². The van der Waals surface area contributed by atoms with Crippen LogP contribution < -0.4 is 5.32 Å². The van der Waals surface area contributed by atoms with Crippen LogP contribution in [0.1, 0.15) is 17.9 Å². The van der Waals surface area contributed by atoms with Gasteiger partial charge >= 0.3 is 0 Å². The predicted octanol–water partition coefficient (Wildman–Crippen LogP) is 1.35. The van der Waals surface area contributed by atoms with Crippen molar-refractivity contribution in [2.75, 3.05) is 26.2 Å². The fourth-order valence-corrected chi connectivity index (χ4v) is 2.51. The molecular formula is C15H21N2O+. The molecular weight excluding hydrogens is 224 g/mol. The van der Waals surface area contributed by atoms with E-state index in [1.165, 1.54) is 11.4 Å². The summed E-state index contributed by atoms with van der Waals surface area (Å²) in [4.78, 5) is 0. The minimum atomic E-state index is 0.195. The van der Waals surface area contributed by atoms with Gasteiger partial charge in [-0.3, -0.25) is 9.89 Å². The normalized spacial score (nSPS) is 16.5. The fraction of sp³-hybridized carbons (Fsp3) is 0.400. The van der Waals surface area contributed by atoms with E-state index in [2.05, 4.69) is 40.7 Å². The van der Waals surface area contributed by atoms with E-state index >= 15 is 0 Å². The second-order valence-corrected chi connectivity index (χ2v) is 4.51. The van der Waals surface area contributed by atoms with Crippen molar-refractivity contribution in [3.8, 4) is 0 Å².